The third-order valence-corrected chi connectivity index (χ3v) is 6.07. The fraction of sp³-hybridized carbons (Fsp3) is 0.267. The SMILES string of the molecule is CC(=O)C(=Cc1cccc([N+](=O)[O-])c1)C(=O)OC(C)CN(C)CCC(c1ccccc1)c1ccccc1. The van der Waals surface area contributed by atoms with E-state index >= 15 is 0 Å². The van der Waals surface area contributed by atoms with Gasteiger partial charge in [0.25, 0.3) is 5.69 Å². The number of nitrogens with zero attached hydrogens (tertiary/aromatic N) is 2. The van der Waals surface area contributed by atoms with Crippen LogP contribution < -0.4 is 0 Å². The zero-order valence-electron chi connectivity index (χ0n) is 21.4. The molecule has 3 aromatic rings. The maximum atomic E-state index is 12.8. The van der Waals surface area contributed by atoms with Gasteiger partial charge in [-0.3, -0.25) is 14.9 Å². The van der Waals surface area contributed by atoms with Crippen molar-refractivity contribution in [2.75, 3.05) is 20.1 Å². The Hall–Kier alpha value is -4.10. The van der Waals surface area contributed by atoms with Gasteiger partial charge in [0.2, 0.25) is 0 Å². The van der Waals surface area contributed by atoms with Gasteiger partial charge in [-0.2, -0.15) is 0 Å². The van der Waals surface area contributed by atoms with Crippen LogP contribution >= 0.6 is 0 Å². The Morgan fingerprint density at radius 3 is 2.11 bits per heavy atom. The lowest BCUT2D eigenvalue weighted by Crippen LogP contribution is -2.32. The third kappa shape index (κ3) is 8.22. The Balaban J connectivity index is 1.62. The minimum absolute atomic E-state index is 0.121. The van der Waals surface area contributed by atoms with Crippen molar-refractivity contribution in [1.29, 1.82) is 0 Å². The number of rotatable bonds is 12. The van der Waals surface area contributed by atoms with Crippen LogP contribution in [0.15, 0.2) is 90.5 Å². The Kier molecular flexibility index (Phi) is 9.86. The highest BCUT2D eigenvalue weighted by atomic mass is 16.6. The zero-order chi connectivity index (χ0) is 26.8. The highest BCUT2D eigenvalue weighted by molar-refractivity contribution is 6.19. The van der Waals surface area contributed by atoms with E-state index in [1.54, 1.807) is 13.0 Å². The van der Waals surface area contributed by atoms with Crippen LogP contribution in [0.3, 0.4) is 0 Å². The van der Waals surface area contributed by atoms with Gasteiger partial charge in [0, 0.05) is 24.6 Å². The van der Waals surface area contributed by atoms with E-state index in [0.29, 0.717) is 12.1 Å². The van der Waals surface area contributed by atoms with Crippen molar-refractivity contribution in [2.24, 2.45) is 0 Å². The molecule has 7 heteroatoms. The number of ether oxygens (including phenoxy) is 1. The molecule has 0 aliphatic rings. The Morgan fingerprint density at radius 1 is 0.973 bits per heavy atom. The lowest BCUT2D eigenvalue weighted by atomic mass is 9.88. The van der Waals surface area contributed by atoms with E-state index in [2.05, 4.69) is 29.2 Å². The van der Waals surface area contributed by atoms with Gasteiger partial charge in [0.15, 0.2) is 5.78 Å². The maximum Gasteiger partial charge on any atom is 0.342 e. The number of nitro groups is 1. The van der Waals surface area contributed by atoms with Crippen molar-refractivity contribution < 1.29 is 19.2 Å². The summed E-state index contributed by atoms with van der Waals surface area (Å²) in [4.78, 5) is 37.5. The van der Waals surface area contributed by atoms with E-state index in [4.69, 9.17) is 4.74 Å². The molecule has 0 N–H and O–H groups in total. The van der Waals surface area contributed by atoms with Crippen LogP contribution in [0.4, 0.5) is 5.69 Å². The number of Topliss-reactive ketones (excluding diaryl/α,β-unsaturated/α-hetero) is 1. The zero-order valence-corrected chi connectivity index (χ0v) is 21.4. The van der Waals surface area contributed by atoms with E-state index in [1.165, 1.54) is 42.3 Å². The van der Waals surface area contributed by atoms with Gasteiger partial charge in [-0.15, -0.1) is 0 Å². The van der Waals surface area contributed by atoms with Crippen molar-refractivity contribution in [3.8, 4) is 0 Å². The average Bonchev–Trinajstić information content (AvgIpc) is 2.88. The lowest BCUT2D eigenvalue weighted by Gasteiger charge is -2.25. The summed E-state index contributed by atoms with van der Waals surface area (Å²) in [7, 11) is 1.97. The number of carbonyl (C=O) groups excluding carboxylic acids is 2. The number of esters is 1. The predicted molar refractivity (Wildman–Crippen MR) is 144 cm³/mol. The molecule has 1 atom stereocenters. The first-order valence-electron chi connectivity index (χ1n) is 12.2. The Labute approximate surface area is 217 Å². The minimum atomic E-state index is -0.744. The van der Waals surface area contributed by atoms with E-state index < -0.39 is 22.8 Å². The van der Waals surface area contributed by atoms with Crippen LogP contribution in [0.1, 0.15) is 42.9 Å². The highest BCUT2D eigenvalue weighted by Gasteiger charge is 2.21. The standard InChI is InChI=1S/C30H32N2O5/c1-22(37-30(34)29(23(2)33)20-24-11-10-16-27(19-24)32(35)36)21-31(3)18-17-28(25-12-6-4-7-13-25)26-14-8-5-9-15-26/h4-16,19-20,22,28H,17-18,21H2,1-3H3. The quantitative estimate of drug-likeness (QED) is 0.0797. The van der Waals surface area contributed by atoms with E-state index in [-0.39, 0.29) is 17.2 Å². The highest BCUT2D eigenvalue weighted by Crippen LogP contribution is 2.28. The molecule has 0 fully saturated rings. The van der Waals surface area contributed by atoms with Crippen LogP contribution in [-0.4, -0.2) is 47.8 Å². The number of hydrogen-bond donors (Lipinski definition) is 0. The van der Waals surface area contributed by atoms with Crippen LogP contribution in [0.25, 0.3) is 6.08 Å². The molecule has 0 amide bonds. The number of nitro benzene ring substituents is 1. The van der Waals surface area contributed by atoms with E-state index in [1.807, 2.05) is 43.4 Å². The lowest BCUT2D eigenvalue weighted by molar-refractivity contribution is -0.384. The van der Waals surface area contributed by atoms with Gasteiger partial charge < -0.3 is 9.64 Å². The summed E-state index contributed by atoms with van der Waals surface area (Å²) in [6.07, 6.45) is 1.76. The first-order valence-corrected chi connectivity index (χ1v) is 12.2. The molecule has 0 aliphatic heterocycles. The van der Waals surface area contributed by atoms with Crippen molar-refractivity contribution >= 4 is 23.5 Å². The van der Waals surface area contributed by atoms with Gasteiger partial charge in [-0.1, -0.05) is 72.8 Å². The third-order valence-electron chi connectivity index (χ3n) is 6.07. The predicted octanol–water partition coefficient (Wildman–Crippen LogP) is 5.65. The number of carbonyl (C=O) groups is 2. The number of ketones is 1. The van der Waals surface area contributed by atoms with Crippen LogP contribution in [-0.2, 0) is 14.3 Å². The van der Waals surface area contributed by atoms with Crippen LogP contribution in [0, 0.1) is 10.1 Å². The smallest absolute Gasteiger partial charge is 0.342 e. The number of likely N-dealkylation sites (N-methyl/N-ethyl adjacent to an activating group) is 1. The van der Waals surface area contributed by atoms with Gasteiger partial charge in [-0.05, 0) is 56.6 Å². The van der Waals surface area contributed by atoms with Gasteiger partial charge in [0.1, 0.15) is 11.7 Å². The summed E-state index contributed by atoms with van der Waals surface area (Å²) < 4.78 is 5.57. The van der Waals surface area contributed by atoms with Crippen LogP contribution in [0.5, 0.6) is 0 Å². The van der Waals surface area contributed by atoms with Crippen molar-refractivity contribution in [1.82, 2.24) is 4.90 Å². The summed E-state index contributed by atoms with van der Waals surface area (Å²) >= 11 is 0. The first kappa shape index (κ1) is 27.5. The molecule has 0 bridgehead atoms. The minimum Gasteiger partial charge on any atom is -0.458 e. The molecule has 0 radical (unpaired) electrons. The fourth-order valence-corrected chi connectivity index (χ4v) is 4.26. The van der Waals surface area contributed by atoms with Crippen LogP contribution in [0.2, 0.25) is 0 Å². The van der Waals surface area contributed by atoms with Gasteiger partial charge in [0.05, 0.1) is 4.92 Å². The first-order chi connectivity index (χ1) is 17.7. The molecule has 0 aromatic heterocycles. The van der Waals surface area contributed by atoms with Crippen molar-refractivity contribution in [3.05, 3.63) is 117 Å². The molecule has 37 heavy (non-hydrogen) atoms. The number of non-ortho nitro benzene ring substituents is 1. The monoisotopic (exact) mass is 500 g/mol. The van der Waals surface area contributed by atoms with Crippen molar-refractivity contribution in [3.63, 3.8) is 0 Å². The molecule has 7 nitrogen and oxygen atoms in total. The molecule has 0 heterocycles. The largest absolute Gasteiger partial charge is 0.458 e. The fourth-order valence-electron chi connectivity index (χ4n) is 4.26. The second-order valence-electron chi connectivity index (χ2n) is 9.11. The maximum absolute atomic E-state index is 12.8. The molecule has 192 valence electrons. The average molecular weight is 501 g/mol. The van der Waals surface area contributed by atoms with E-state index in [0.717, 1.165) is 13.0 Å². The molecule has 1 unspecified atom stereocenters. The Morgan fingerprint density at radius 2 is 1.57 bits per heavy atom. The van der Waals surface area contributed by atoms with Crippen molar-refractivity contribution in [2.45, 2.75) is 32.3 Å². The summed E-state index contributed by atoms with van der Waals surface area (Å²) in [6, 6.07) is 26.5. The summed E-state index contributed by atoms with van der Waals surface area (Å²) in [5.74, 6) is -0.970. The summed E-state index contributed by atoms with van der Waals surface area (Å²) in [6.45, 7) is 4.32. The van der Waals surface area contributed by atoms with E-state index in [9.17, 15) is 19.7 Å². The molecule has 0 saturated heterocycles. The normalized spacial score (nSPS) is 12.4. The molecule has 3 aromatic carbocycles. The Bertz CT molecular complexity index is 1200. The molecule has 0 spiro atoms. The van der Waals surface area contributed by atoms with Gasteiger partial charge in [-0.25, -0.2) is 4.79 Å². The number of benzene rings is 3. The molecular weight excluding hydrogens is 468 g/mol. The molecule has 0 aliphatic carbocycles. The molecule has 0 saturated carbocycles. The molecular formula is C30H32N2O5. The molecule has 3 rings (SSSR count). The second-order valence-corrected chi connectivity index (χ2v) is 9.11. The topological polar surface area (TPSA) is 89.8 Å². The number of hydrogen-bond acceptors (Lipinski definition) is 6. The van der Waals surface area contributed by atoms with Gasteiger partial charge >= 0.3 is 5.97 Å². The second kappa shape index (κ2) is 13.3. The summed E-state index contributed by atoms with van der Waals surface area (Å²) in [5, 5.41) is 11.0. The summed E-state index contributed by atoms with van der Waals surface area (Å²) in [5.41, 5.74) is 2.61.